The van der Waals surface area contributed by atoms with Gasteiger partial charge in [-0.05, 0) is 20.9 Å². The molecule has 0 saturated carbocycles. The molecule has 0 amide bonds. The van der Waals surface area contributed by atoms with Crippen molar-refractivity contribution >= 4 is 21.5 Å². The molecule has 0 aliphatic carbocycles. The monoisotopic (exact) mass is 226 g/mol. The summed E-state index contributed by atoms with van der Waals surface area (Å²) in [4.78, 5) is 9.07. The molecule has 15 heavy (non-hydrogen) atoms. The maximum absolute atomic E-state index is 5.70. The molecule has 1 aliphatic rings. The molecule has 2 rings (SSSR count). The summed E-state index contributed by atoms with van der Waals surface area (Å²) in [6, 6.07) is 1.14. The molecule has 2 heterocycles. The van der Waals surface area contributed by atoms with Crippen LogP contribution in [-0.4, -0.2) is 42.1 Å². The van der Waals surface area contributed by atoms with Crippen LogP contribution in [0.25, 0.3) is 0 Å². The molecule has 0 spiro atoms. The fourth-order valence-corrected chi connectivity index (χ4v) is 2.68. The van der Waals surface area contributed by atoms with Crippen molar-refractivity contribution in [1.29, 1.82) is 0 Å². The summed E-state index contributed by atoms with van der Waals surface area (Å²) in [5, 5.41) is 1.85. The van der Waals surface area contributed by atoms with Gasteiger partial charge in [-0.1, -0.05) is 11.3 Å². The van der Waals surface area contributed by atoms with Crippen molar-refractivity contribution in [2.24, 2.45) is 0 Å². The van der Waals surface area contributed by atoms with E-state index in [0.29, 0.717) is 12.1 Å². The average molecular weight is 226 g/mol. The van der Waals surface area contributed by atoms with Crippen LogP contribution < -0.4 is 10.6 Å². The maximum Gasteiger partial charge on any atom is 0.187 e. The van der Waals surface area contributed by atoms with Crippen LogP contribution in [-0.2, 0) is 0 Å². The summed E-state index contributed by atoms with van der Waals surface area (Å²) < 4.78 is 0. The number of anilines is 2. The van der Waals surface area contributed by atoms with Gasteiger partial charge in [0.1, 0.15) is 5.00 Å². The fraction of sp³-hybridized carbons (Fsp3) is 0.700. The number of piperazine rings is 1. The lowest BCUT2D eigenvalue weighted by molar-refractivity contribution is 0.170. The number of aromatic nitrogens is 1. The summed E-state index contributed by atoms with van der Waals surface area (Å²) >= 11 is 1.57. The van der Waals surface area contributed by atoms with Gasteiger partial charge in [-0.3, -0.25) is 4.90 Å². The molecule has 1 aromatic heterocycles. The Kier molecular flexibility index (Phi) is 2.84. The minimum Gasteiger partial charge on any atom is -0.389 e. The van der Waals surface area contributed by atoms with Crippen LogP contribution in [0.15, 0.2) is 6.20 Å². The summed E-state index contributed by atoms with van der Waals surface area (Å²) in [5.41, 5.74) is 5.70. The van der Waals surface area contributed by atoms with Gasteiger partial charge in [0.05, 0.1) is 6.20 Å². The van der Waals surface area contributed by atoms with Crippen molar-refractivity contribution in [2.75, 3.05) is 30.8 Å². The molecule has 2 N–H and O–H groups in total. The van der Waals surface area contributed by atoms with E-state index in [1.807, 2.05) is 0 Å². The number of hydrogen-bond acceptors (Lipinski definition) is 5. The van der Waals surface area contributed by atoms with Crippen LogP contribution >= 0.6 is 11.3 Å². The molecule has 1 saturated heterocycles. The van der Waals surface area contributed by atoms with E-state index in [1.54, 1.807) is 17.5 Å². The van der Waals surface area contributed by atoms with Gasteiger partial charge in [0.15, 0.2) is 5.13 Å². The van der Waals surface area contributed by atoms with Crippen LogP contribution in [0.1, 0.15) is 13.8 Å². The van der Waals surface area contributed by atoms with Gasteiger partial charge in [-0.25, -0.2) is 4.98 Å². The SMILES string of the molecule is CC1CN(c2ncc(N)s2)CC(C)N1C. The van der Waals surface area contributed by atoms with E-state index in [9.17, 15) is 0 Å². The van der Waals surface area contributed by atoms with E-state index in [2.05, 4.69) is 35.7 Å². The Morgan fingerprint density at radius 3 is 2.47 bits per heavy atom. The molecular formula is C10H18N4S. The second kappa shape index (κ2) is 3.98. The Bertz CT molecular complexity index is 326. The number of nitrogen functional groups attached to an aromatic ring is 1. The largest absolute Gasteiger partial charge is 0.389 e. The molecule has 4 nitrogen and oxygen atoms in total. The van der Waals surface area contributed by atoms with Crippen LogP contribution in [0.3, 0.4) is 0 Å². The van der Waals surface area contributed by atoms with Gasteiger partial charge in [0.2, 0.25) is 0 Å². The Morgan fingerprint density at radius 1 is 1.40 bits per heavy atom. The third-order valence-corrected chi connectivity index (χ3v) is 4.03. The molecular weight excluding hydrogens is 208 g/mol. The molecule has 1 fully saturated rings. The highest BCUT2D eigenvalue weighted by Crippen LogP contribution is 2.27. The topological polar surface area (TPSA) is 45.4 Å². The van der Waals surface area contributed by atoms with Crippen LogP contribution in [0.5, 0.6) is 0 Å². The lowest BCUT2D eigenvalue weighted by atomic mass is 10.1. The zero-order chi connectivity index (χ0) is 11.0. The standard InChI is InChI=1S/C10H18N4S/c1-7-5-14(6-8(2)13(7)3)10-12-4-9(11)15-10/h4,7-8H,5-6,11H2,1-3H3. The van der Waals surface area contributed by atoms with Gasteiger partial charge >= 0.3 is 0 Å². The Morgan fingerprint density at radius 2 is 2.00 bits per heavy atom. The second-order valence-electron chi connectivity index (χ2n) is 4.31. The van der Waals surface area contributed by atoms with E-state index in [-0.39, 0.29) is 0 Å². The van der Waals surface area contributed by atoms with E-state index in [0.717, 1.165) is 23.2 Å². The first kappa shape index (κ1) is 10.7. The number of nitrogens with two attached hydrogens (primary N) is 1. The van der Waals surface area contributed by atoms with Crippen LogP contribution in [0.2, 0.25) is 0 Å². The average Bonchev–Trinajstić information content (AvgIpc) is 2.60. The van der Waals surface area contributed by atoms with Crippen molar-refractivity contribution in [3.05, 3.63) is 6.20 Å². The third kappa shape index (κ3) is 2.08. The van der Waals surface area contributed by atoms with Crippen molar-refractivity contribution in [2.45, 2.75) is 25.9 Å². The summed E-state index contributed by atoms with van der Waals surface area (Å²) in [6.45, 7) is 6.57. The molecule has 0 radical (unpaired) electrons. The second-order valence-corrected chi connectivity index (χ2v) is 5.35. The molecule has 5 heteroatoms. The van der Waals surface area contributed by atoms with Crippen LogP contribution in [0.4, 0.5) is 10.1 Å². The first-order chi connectivity index (χ1) is 7.08. The number of thiazole rings is 1. The minimum atomic E-state index is 0.568. The number of nitrogens with zero attached hydrogens (tertiary/aromatic N) is 3. The Balaban J connectivity index is 2.12. The van der Waals surface area contributed by atoms with Gasteiger partial charge in [0, 0.05) is 25.2 Å². The fourth-order valence-electron chi connectivity index (χ4n) is 1.98. The van der Waals surface area contributed by atoms with E-state index in [4.69, 9.17) is 5.73 Å². The number of hydrogen-bond donors (Lipinski definition) is 1. The molecule has 84 valence electrons. The van der Waals surface area contributed by atoms with Crippen molar-refractivity contribution < 1.29 is 0 Å². The first-order valence-corrected chi connectivity index (χ1v) is 6.07. The Hall–Kier alpha value is -0.810. The van der Waals surface area contributed by atoms with E-state index < -0.39 is 0 Å². The van der Waals surface area contributed by atoms with Gasteiger partial charge in [-0.15, -0.1) is 0 Å². The lowest BCUT2D eigenvalue weighted by Gasteiger charge is -2.42. The summed E-state index contributed by atoms with van der Waals surface area (Å²) in [6.07, 6.45) is 1.74. The minimum absolute atomic E-state index is 0.568. The maximum atomic E-state index is 5.70. The zero-order valence-corrected chi connectivity index (χ0v) is 10.3. The zero-order valence-electron chi connectivity index (χ0n) is 9.47. The quantitative estimate of drug-likeness (QED) is 0.783. The highest BCUT2D eigenvalue weighted by Gasteiger charge is 2.27. The predicted molar refractivity (Wildman–Crippen MR) is 65.4 cm³/mol. The Labute approximate surface area is 94.7 Å². The first-order valence-electron chi connectivity index (χ1n) is 5.26. The van der Waals surface area contributed by atoms with Gasteiger partial charge < -0.3 is 10.6 Å². The normalized spacial score (nSPS) is 28.3. The van der Waals surface area contributed by atoms with Crippen molar-refractivity contribution in [1.82, 2.24) is 9.88 Å². The number of likely N-dealkylation sites (N-methyl/N-ethyl adjacent to an activating group) is 1. The summed E-state index contributed by atoms with van der Waals surface area (Å²) in [7, 11) is 2.18. The molecule has 0 aromatic carbocycles. The van der Waals surface area contributed by atoms with E-state index in [1.165, 1.54) is 0 Å². The van der Waals surface area contributed by atoms with Crippen LogP contribution in [0, 0.1) is 0 Å². The smallest absolute Gasteiger partial charge is 0.187 e. The van der Waals surface area contributed by atoms with E-state index >= 15 is 0 Å². The third-order valence-electron chi connectivity index (χ3n) is 3.14. The molecule has 0 bridgehead atoms. The number of rotatable bonds is 1. The molecule has 1 aliphatic heterocycles. The summed E-state index contributed by atoms with van der Waals surface area (Å²) in [5.74, 6) is 0. The molecule has 2 atom stereocenters. The van der Waals surface area contributed by atoms with Gasteiger partial charge in [-0.2, -0.15) is 0 Å². The predicted octanol–water partition coefficient (Wildman–Crippen LogP) is 1.25. The molecule has 1 aromatic rings. The van der Waals surface area contributed by atoms with Crippen molar-refractivity contribution in [3.8, 4) is 0 Å². The van der Waals surface area contributed by atoms with Crippen molar-refractivity contribution in [3.63, 3.8) is 0 Å². The molecule has 2 unspecified atom stereocenters. The van der Waals surface area contributed by atoms with Gasteiger partial charge in [0.25, 0.3) is 0 Å². The highest BCUT2D eigenvalue weighted by molar-refractivity contribution is 7.19. The lowest BCUT2D eigenvalue weighted by Crippen LogP contribution is -2.55. The highest BCUT2D eigenvalue weighted by atomic mass is 32.1.